The van der Waals surface area contributed by atoms with Gasteiger partial charge >= 0.3 is 0 Å². The molecule has 0 saturated carbocycles. The predicted molar refractivity (Wildman–Crippen MR) is 76.8 cm³/mol. The molecule has 3 atom stereocenters. The molecule has 0 radical (unpaired) electrons. The summed E-state index contributed by atoms with van der Waals surface area (Å²) >= 11 is 0. The molecule has 2 aliphatic heterocycles. The zero-order valence-electron chi connectivity index (χ0n) is 12.6. The van der Waals surface area contributed by atoms with Crippen molar-refractivity contribution in [2.75, 3.05) is 26.7 Å². The van der Waals surface area contributed by atoms with E-state index in [1.807, 2.05) is 0 Å². The van der Waals surface area contributed by atoms with Crippen molar-refractivity contribution in [3.63, 3.8) is 0 Å². The number of carbonyl (C=O) groups is 1. The maximum Gasteiger partial charge on any atom is 0.292 e. The second kappa shape index (κ2) is 6.11. The van der Waals surface area contributed by atoms with Gasteiger partial charge in [-0.3, -0.25) is 4.79 Å². The standard InChI is InChI=1S/C14H23N5O2/c1-9-8-19(2)7-5-10(9)16-13(20)12-17-14(21-18-12)11-4-3-6-15-11/h9-11,15H,3-8H2,1-2H3,(H,16,20). The van der Waals surface area contributed by atoms with E-state index in [1.165, 1.54) is 0 Å². The normalized spacial score (nSPS) is 30.5. The van der Waals surface area contributed by atoms with Crippen molar-refractivity contribution in [1.29, 1.82) is 0 Å². The van der Waals surface area contributed by atoms with Crippen LogP contribution in [-0.4, -0.2) is 53.7 Å². The predicted octanol–water partition coefficient (Wildman–Crippen LogP) is 0.564. The van der Waals surface area contributed by atoms with Gasteiger partial charge in [-0.2, -0.15) is 4.98 Å². The Kier molecular flexibility index (Phi) is 4.21. The van der Waals surface area contributed by atoms with Gasteiger partial charge in [-0.25, -0.2) is 0 Å². The summed E-state index contributed by atoms with van der Waals surface area (Å²) < 4.78 is 5.21. The van der Waals surface area contributed by atoms with Crippen molar-refractivity contribution < 1.29 is 9.32 Å². The fourth-order valence-corrected chi connectivity index (χ4v) is 3.17. The Bertz CT molecular complexity index is 497. The highest BCUT2D eigenvalue weighted by atomic mass is 16.5. The highest BCUT2D eigenvalue weighted by Gasteiger charge is 2.28. The average molecular weight is 293 g/mol. The number of hydrogen-bond acceptors (Lipinski definition) is 6. The number of piperidine rings is 1. The molecule has 0 aromatic carbocycles. The summed E-state index contributed by atoms with van der Waals surface area (Å²) in [5.41, 5.74) is 0. The number of aromatic nitrogens is 2. The van der Waals surface area contributed by atoms with Gasteiger partial charge in [-0.1, -0.05) is 12.1 Å². The minimum Gasteiger partial charge on any atom is -0.346 e. The Morgan fingerprint density at radius 3 is 3.05 bits per heavy atom. The largest absolute Gasteiger partial charge is 0.346 e. The van der Waals surface area contributed by atoms with Crippen LogP contribution in [0.2, 0.25) is 0 Å². The van der Waals surface area contributed by atoms with Gasteiger partial charge in [0, 0.05) is 12.6 Å². The molecule has 0 bridgehead atoms. The molecule has 21 heavy (non-hydrogen) atoms. The fourth-order valence-electron chi connectivity index (χ4n) is 3.17. The molecule has 2 N–H and O–H groups in total. The second-order valence-electron chi connectivity index (χ2n) is 6.21. The highest BCUT2D eigenvalue weighted by molar-refractivity contribution is 5.90. The molecular weight excluding hydrogens is 270 g/mol. The van der Waals surface area contributed by atoms with E-state index in [-0.39, 0.29) is 23.8 Å². The van der Waals surface area contributed by atoms with E-state index >= 15 is 0 Å². The van der Waals surface area contributed by atoms with E-state index in [0.717, 1.165) is 38.9 Å². The molecule has 3 unspecified atom stereocenters. The number of nitrogens with one attached hydrogen (secondary N) is 2. The van der Waals surface area contributed by atoms with Crippen molar-refractivity contribution in [1.82, 2.24) is 25.7 Å². The molecule has 3 heterocycles. The average Bonchev–Trinajstić information content (AvgIpc) is 3.10. The first-order chi connectivity index (χ1) is 10.1. The fraction of sp³-hybridized carbons (Fsp3) is 0.786. The summed E-state index contributed by atoms with van der Waals surface area (Å²) in [5, 5.41) is 10.1. The molecule has 0 aliphatic carbocycles. The molecule has 1 amide bonds. The Morgan fingerprint density at radius 1 is 1.48 bits per heavy atom. The van der Waals surface area contributed by atoms with Crippen LogP contribution in [0, 0.1) is 5.92 Å². The molecule has 7 heteroatoms. The Morgan fingerprint density at radius 2 is 2.33 bits per heavy atom. The van der Waals surface area contributed by atoms with Crippen LogP contribution in [0.1, 0.15) is 48.7 Å². The minimum atomic E-state index is -0.232. The lowest BCUT2D eigenvalue weighted by Crippen LogP contribution is -2.49. The van der Waals surface area contributed by atoms with Gasteiger partial charge in [0.05, 0.1) is 6.04 Å². The molecular formula is C14H23N5O2. The van der Waals surface area contributed by atoms with Gasteiger partial charge in [-0.15, -0.1) is 0 Å². The van der Waals surface area contributed by atoms with E-state index in [1.54, 1.807) is 0 Å². The van der Waals surface area contributed by atoms with Crippen molar-refractivity contribution in [2.45, 2.75) is 38.3 Å². The molecule has 116 valence electrons. The second-order valence-corrected chi connectivity index (χ2v) is 6.21. The number of likely N-dealkylation sites (tertiary alicyclic amines) is 1. The zero-order chi connectivity index (χ0) is 14.8. The molecule has 7 nitrogen and oxygen atoms in total. The summed E-state index contributed by atoms with van der Waals surface area (Å²) in [6, 6.07) is 0.279. The Hall–Kier alpha value is -1.47. The van der Waals surface area contributed by atoms with E-state index in [4.69, 9.17) is 4.52 Å². The zero-order valence-corrected chi connectivity index (χ0v) is 12.6. The lowest BCUT2D eigenvalue weighted by molar-refractivity contribution is 0.0870. The van der Waals surface area contributed by atoms with Crippen molar-refractivity contribution in [3.05, 3.63) is 11.7 Å². The molecule has 3 rings (SSSR count). The number of hydrogen-bond donors (Lipinski definition) is 2. The lowest BCUT2D eigenvalue weighted by Gasteiger charge is -2.34. The van der Waals surface area contributed by atoms with Crippen molar-refractivity contribution >= 4 is 5.91 Å². The monoisotopic (exact) mass is 293 g/mol. The number of rotatable bonds is 3. The van der Waals surface area contributed by atoms with Crippen LogP contribution in [-0.2, 0) is 0 Å². The number of nitrogens with zero attached hydrogens (tertiary/aromatic N) is 3. The van der Waals surface area contributed by atoms with Gasteiger partial charge in [0.25, 0.3) is 11.7 Å². The first kappa shape index (κ1) is 14.5. The van der Waals surface area contributed by atoms with Crippen molar-refractivity contribution in [3.8, 4) is 0 Å². The SMILES string of the molecule is CC1CN(C)CCC1NC(=O)c1noc(C2CCCN2)n1. The maximum atomic E-state index is 12.2. The van der Waals surface area contributed by atoms with E-state index < -0.39 is 0 Å². The van der Waals surface area contributed by atoms with E-state index in [0.29, 0.717) is 11.8 Å². The third kappa shape index (κ3) is 3.24. The van der Waals surface area contributed by atoms with Gasteiger partial charge in [0.2, 0.25) is 5.89 Å². The van der Waals surface area contributed by atoms with Gasteiger partial charge < -0.3 is 20.1 Å². The number of amides is 1. The van der Waals surface area contributed by atoms with Crippen LogP contribution in [0.25, 0.3) is 0 Å². The van der Waals surface area contributed by atoms with Crippen LogP contribution in [0.4, 0.5) is 0 Å². The maximum absolute atomic E-state index is 12.2. The van der Waals surface area contributed by atoms with Crippen LogP contribution >= 0.6 is 0 Å². The van der Waals surface area contributed by atoms with Crippen LogP contribution in [0.3, 0.4) is 0 Å². The van der Waals surface area contributed by atoms with E-state index in [2.05, 4.69) is 39.6 Å². The molecule has 2 fully saturated rings. The van der Waals surface area contributed by atoms with Crippen LogP contribution < -0.4 is 10.6 Å². The molecule has 1 aromatic rings. The van der Waals surface area contributed by atoms with Gasteiger partial charge in [0.1, 0.15) is 0 Å². The smallest absolute Gasteiger partial charge is 0.292 e. The van der Waals surface area contributed by atoms with Gasteiger partial charge in [0.15, 0.2) is 0 Å². The summed E-state index contributed by atoms with van der Waals surface area (Å²) in [5.74, 6) is 0.860. The molecule has 2 saturated heterocycles. The first-order valence-electron chi connectivity index (χ1n) is 7.70. The minimum absolute atomic E-state index is 0.0984. The third-order valence-corrected chi connectivity index (χ3v) is 4.43. The van der Waals surface area contributed by atoms with Crippen LogP contribution in [0.15, 0.2) is 4.52 Å². The third-order valence-electron chi connectivity index (χ3n) is 4.43. The first-order valence-corrected chi connectivity index (χ1v) is 7.70. The Labute approximate surface area is 124 Å². The van der Waals surface area contributed by atoms with E-state index in [9.17, 15) is 4.79 Å². The molecule has 1 aromatic heterocycles. The van der Waals surface area contributed by atoms with Gasteiger partial charge in [-0.05, 0) is 45.3 Å². The quantitative estimate of drug-likeness (QED) is 0.847. The molecule has 0 spiro atoms. The summed E-state index contributed by atoms with van der Waals surface area (Å²) in [7, 11) is 2.11. The number of carbonyl (C=O) groups excluding carboxylic acids is 1. The summed E-state index contributed by atoms with van der Waals surface area (Å²) in [6.07, 6.45) is 3.04. The van der Waals surface area contributed by atoms with Crippen molar-refractivity contribution in [2.24, 2.45) is 5.92 Å². The summed E-state index contributed by atoms with van der Waals surface area (Å²) in [6.45, 7) is 5.11. The Balaban J connectivity index is 1.60. The molecule has 2 aliphatic rings. The summed E-state index contributed by atoms with van der Waals surface area (Å²) in [4.78, 5) is 18.8. The highest BCUT2D eigenvalue weighted by Crippen LogP contribution is 2.21. The lowest BCUT2D eigenvalue weighted by atomic mass is 9.94. The topological polar surface area (TPSA) is 83.3 Å². The van der Waals surface area contributed by atoms with Crippen LogP contribution in [0.5, 0.6) is 0 Å².